The normalized spacial score (nSPS) is 9.52. The monoisotopic (exact) mass is 830 g/mol. The SMILES string of the molecule is CC.CC.CC.CC.CC.CC.O=P(Oc1ccccc1)(Oc1ccccc1)Oc1ccc(-c2ccc(OP(=O)(Oc3ccccc3)Oc3ccccc3)cc2)cc1. The van der Waals surface area contributed by atoms with Gasteiger partial charge in [-0.15, -0.1) is 0 Å². The average molecular weight is 831 g/mol. The maximum absolute atomic E-state index is 13.7. The fourth-order valence-electron chi connectivity index (χ4n) is 4.23. The minimum Gasteiger partial charge on any atom is -0.386 e. The third-order valence-corrected chi connectivity index (χ3v) is 8.92. The third kappa shape index (κ3) is 19.1. The van der Waals surface area contributed by atoms with Crippen LogP contribution in [0.15, 0.2) is 170 Å². The average Bonchev–Trinajstić information content (AvgIpc) is 3.29. The van der Waals surface area contributed by atoms with Gasteiger partial charge in [0.2, 0.25) is 0 Å². The molecule has 0 heterocycles. The zero-order valence-electron chi connectivity index (χ0n) is 36.3. The van der Waals surface area contributed by atoms with Gasteiger partial charge >= 0.3 is 15.6 Å². The molecule has 0 aromatic heterocycles. The lowest BCUT2D eigenvalue weighted by Gasteiger charge is -2.20. The Bertz CT molecular complexity index is 1690. The summed E-state index contributed by atoms with van der Waals surface area (Å²) in [5.74, 6) is 1.94. The van der Waals surface area contributed by atoms with Crippen molar-refractivity contribution < 1.29 is 36.3 Å². The molecule has 0 aliphatic rings. The van der Waals surface area contributed by atoms with Crippen molar-refractivity contribution >= 4 is 15.6 Å². The van der Waals surface area contributed by atoms with Gasteiger partial charge in [0.15, 0.2) is 0 Å². The first-order valence-electron chi connectivity index (χ1n) is 20.2. The highest BCUT2D eigenvalue weighted by Gasteiger charge is 2.34. The van der Waals surface area contributed by atoms with Gasteiger partial charge in [-0.1, -0.05) is 180 Å². The van der Waals surface area contributed by atoms with E-state index >= 15 is 0 Å². The summed E-state index contributed by atoms with van der Waals surface area (Å²) in [6.45, 7) is 24.0. The van der Waals surface area contributed by atoms with Crippen molar-refractivity contribution in [1.29, 1.82) is 0 Å². The van der Waals surface area contributed by atoms with Crippen LogP contribution in [0.5, 0.6) is 34.5 Å². The molecule has 8 nitrogen and oxygen atoms in total. The van der Waals surface area contributed by atoms with Crippen LogP contribution in [0, 0.1) is 0 Å². The van der Waals surface area contributed by atoms with Crippen molar-refractivity contribution in [2.24, 2.45) is 0 Å². The topological polar surface area (TPSA) is 89.5 Å². The Kier molecular flexibility index (Phi) is 28.7. The molecule has 0 saturated heterocycles. The van der Waals surface area contributed by atoms with Crippen LogP contribution in [0.4, 0.5) is 0 Å². The summed E-state index contributed by atoms with van der Waals surface area (Å²) in [5.41, 5.74) is 1.68. The van der Waals surface area contributed by atoms with Crippen molar-refractivity contribution in [2.75, 3.05) is 0 Å². The molecule has 314 valence electrons. The Morgan fingerprint density at radius 3 is 0.569 bits per heavy atom. The highest BCUT2D eigenvalue weighted by molar-refractivity contribution is 7.50. The van der Waals surface area contributed by atoms with Crippen LogP contribution in [0.25, 0.3) is 11.1 Å². The van der Waals surface area contributed by atoms with E-state index in [0.29, 0.717) is 23.0 Å². The van der Waals surface area contributed by atoms with Crippen LogP contribution in [-0.2, 0) is 9.13 Å². The number of hydrogen-bond acceptors (Lipinski definition) is 8. The number of rotatable bonds is 13. The van der Waals surface area contributed by atoms with Crippen molar-refractivity contribution in [3.05, 3.63) is 170 Å². The number of phosphoric acid groups is 2. The summed E-state index contributed by atoms with van der Waals surface area (Å²) >= 11 is 0. The van der Waals surface area contributed by atoms with Crippen LogP contribution in [0.1, 0.15) is 83.1 Å². The van der Waals surface area contributed by atoms with Crippen molar-refractivity contribution in [3.63, 3.8) is 0 Å². The molecule has 0 radical (unpaired) electrons. The number of phosphoric ester groups is 2. The predicted molar refractivity (Wildman–Crippen MR) is 245 cm³/mol. The Morgan fingerprint density at radius 1 is 0.241 bits per heavy atom. The second-order valence-corrected chi connectivity index (χ2v) is 12.6. The summed E-state index contributed by atoms with van der Waals surface area (Å²) in [6, 6.07) is 48.7. The van der Waals surface area contributed by atoms with E-state index in [1.54, 1.807) is 121 Å². The standard InChI is InChI=1S/C36H28O8P2.6C2H6/c37-45(39-31-13-5-1-6-14-31,40-32-15-7-2-8-16-32)43-35-25-21-29(22-26-35)30-23-27-36(28-24-30)44-46(38,41-33-17-9-3-10-18-33)42-34-19-11-4-12-20-34;6*1-2/h1-28H;6*1-2H3. The molecule has 0 aliphatic heterocycles. The molecule has 0 bridgehead atoms. The molecule has 0 N–H and O–H groups in total. The van der Waals surface area contributed by atoms with Gasteiger partial charge < -0.3 is 27.1 Å². The molecule has 6 aromatic carbocycles. The molecule has 0 unspecified atom stereocenters. The number of benzene rings is 6. The predicted octanol–water partition coefficient (Wildman–Crippen LogP) is 16.8. The summed E-state index contributed by atoms with van der Waals surface area (Å²) in [5, 5.41) is 0. The smallest absolute Gasteiger partial charge is 0.386 e. The molecule has 0 aliphatic carbocycles. The number of hydrogen-bond donors (Lipinski definition) is 0. The van der Waals surface area contributed by atoms with Gasteiger partial charge in [0.25, 0.3) is 0 Å². The quantitative estimate of drug-likeness (QED) is 0.106. The Labute approximate surface area is 349 Å². The second-order valence-electron chi connectivity index (χ2n) is 9.74. The second kappa shape index (κ2) is 31.6. The third-order valence-electron chi connectivity index (χ3n) is 6.32. The summed E-state index contributed by atoms with van der Waals surface area (Å²) < 4.78 is 61.9. The van der Waals surface area contributed by atoms with Crippen molar-refractivity contribution in [2.45, 2.75) is 83.1 Å². The van der Waals surface area contributed by atoms with Gasteiger partial charge in [-0.2, -0.15) is 9.13 Å². The van der Waals surface area contributed by atoms with Crippen LogP contribution in [-0.4, -0.2) is 0 Å². The highest BCUT2D eigenvalue weighted by Crippen LogP contribution is 2.51. The van der Waals surface area contributed by atoms with E-state index in [9.17, 15) is 9.13 Å². The van der Waals surface area contributed by atoms with E-state index in [0.717, 1.165) is 11.1 Å². The molecule has 0 amide bonds. The van der Waals surface area contributed by atoms with Crippen LogP contribution in [0.2, 0.25) is 0 Å². The molecule has 0 fully saturated rings. The molecule has 6 aromatic rings. The summed E-state index contributed by atoms with van der Waals surface area (Å²) in [6.07, 6.45) is 0. The zero-order valence-corrected chi connectivity index (χ0v) is 38.1. The fraction of sp³-hybridized carbons (Fsp3) is 0.250. The van der Waals surface area contributed by atoms with Gasteiger partial charge in [0.05, 0.1) is 0 Å². The van der Waals surface area contributed by atoms with Crippen LogP contribution in [0.3, 0.4) is 0 Å². The molecule has 58 heavy (non-hydrogen) atoms. The van der Waals surface area contributed by atoms with Gasteiger partial charge in [-0.3, -0.25) is 0 Å². The lowest BCUT2D eigenvalue weighted by atomic mass is 10.1. The molecule has 6 rings (SSSR count). The summed E-state index contributed by atoms with van der Waals surface area (Å²) in [7, 11) is -8.23. The van der Waals surface area contributed by atoms with E-state index in [4.69, 9.17) is 27.1 Å². The molecular weight excluding hydrogens is 766 g/mol. The van der Waals surface area contributed by atoms with Gasteiger partial charge in [0, 0.05) is 0 Å². The largest absolute Gasteiger partial charge is 0.647 e. The molecule has 0 atom stereocenters. The first-order valence-corrected chi connectivity index (χ1v) is 23.1. The fourth-order valence-corrected chi connectivity index (χ4v) is 6.73. The number of para-hydroxylation sites is 4. The lowest BCUT2D eigenvalue weighted by molar-refractivity contribution is 0.296. The van der Waals surface area contributed by atoms with Gasteiger partial charge in [-0.25, -0.2) is 0 Å². The minimum absolute atomic E-state index is 0.288. The molecule has 0 spiro atoms. The highest BCUT2D eigenvalue weighted by atomic mass is 31.2. The maximum atomic E-state index is 13.7. The zero-order chi connectivity index (χ0) is 43.7. The van der Waals surface area contributed by atoms with E-state index in [-0.39, 0.29) is 11.5 Å². The first kappa shape index (κ1) is 52.6. The molecular formula is C48H64O8P2. The van der Waals surface area contributed by atoms with Gasteiger partial charge in [0.1, 0.15) is 34.5 Å². The van der Waals surface area contributed by atoms with Crippen LogP contribution < -0.4 is 27.1 Å². The van der Waals surface area contributed by atoms with E-state index < -0.39 is 15.6 Å². The maximum Gasteiger partial charge on any atom is 0.647 e. The Morgan fingerprint density at radius 2 is 0.397 bits per heavy atom. The first-order chi connectivity index (χ1) is 28.4. The summed E-state index contributed by atoms with van der Waals surface area (Å²) in [4.78, 5) is 0. The van der Waals surface area contributed by atoms with Crippen LogP contribution >= 0.6 is 15.6 Å². The Balaban J connectivity index is 0.00000248. The van der Waals surface area contributed by atoms with E-state index in [1.165, 1.54) is 0 Å². The van der Waals surface area contributed by atoms with Crippen molar-refractivity contribution in [3.8, 4) is 45.6 Å². The lowest BCUT2D eigenvalue weighted by Crippen LogP contribution is -2.07. The molecule has 10 heteroatoms. The molecule has 0 saturated carbocycles. The van der Waals surface area contributed by atoms with E-state index in [2.05, 4.69) is 0 Å². The van der Waals surface area contributed by atoms with E-state index in [1.807, 2.05) is 132 Å². The minimum atomic E-state index is -4.12. The Hall–Kier alpha value is -5.42. The van der Waals surface area contributed by atoms with Crippen molar-refractivity contribution in [1.82, 2.24) is 0 Å². The van der Waals surface area contributed by atoms with Gasteiger partial charge in [-0.05, 0) is 83.9 Å².